The van der Waals surface area contributed by atoms with Crippen LogP contribution < -0.4 is 5.73 Å². The fourth-order valence-electron chi connectivity index (χ4n) is 2.51. The SMILES string of the molecule is CCOC(=O)C(C)(N)CCN1CCCC(COC)C1. The van der Waals surface area contributed by atoms with Gasteiger partial charge in [-0.3, -0.25) is 4.79 Å². The first kappa shape index (κ1) is 16.4. The standard InChI is InChI=1S/C14H28N2O3/c1-4-19-13(17)14(2,15)7-9-16-8-5-6-12(10-16)11-18-3/h12H,4-11,15H2,1-3H3. The molecule has 0 spiro atoms. The molecule has 1 aliphatic heterocycles. The number of nitrogens with zero attached hydrogens (tertiary/aromatic N) is 1. The van der Waals surface area contributed by atoms with Crippen LogP contribution in [-0.4, -0.2) is 56.4 Å². The molecular formula is C14H28N2O3. The molecule has 0 radical (unpaired) electrons. The van der Waals surface area contributed by atoms with Gasteiger partial charge in [-0.1, -0.05) is 0 Å². The Balaban J connectivity index is 2.36. The molecule has 1 aliphatic rings. The molecule has 1 rings (SSSR count). The lowest BCUT2D eigenvalue weighted by molar-refractivity contribution is -0.149. The first-order valence-corrected chi connectivity index (χ1v) is 7.17. The van der Waals surface area contributed by atoms with E-state index in [1.807, 2.05) is 0 Å². The van der Waals surface area contributed by atoms with Gasteiger partial charge in [-0.05, 0) is 45.6 Å². The second-order valence-electron chi connectivity index (χ2n) is 5.65. The molecule has 112 valence electrons. The smallest absolute Gasteiger partial charge is 0.325 e. The number of piperidine rings is 1. The highest BCUT2D eigenvalue weighted by Crippen LogP contribution is 2.18. The zero-order valence-electron chi connectivity index (χ0n) is 12.5. The lowest BCUT2D eigenvalue weighted by Gasteiger charge is -2.34. The zero-order valence-corrected chi connectivity index (χ0v) is 12.5. The highest BCUT2D eigenvalue weighted by atomic mass is 16.5. The molecule has 2 unspecified atom stereocenters. The number of rotatable bonds is 7. The average molecular weight is 272 g/mol. The summed E-state index contributed by atoms with van der Waals surface area (Å²) in [6.45, 7) is 7.70. The molecule has 5 nitrogen and oxygen atoms in total. The first-order chi connectivity index (χ1) is 8.99. The summed E-state index contributed by atoms with van der Waals surface area (Å²) in [6, 6.07) is 0. The van der Waals surface area contributed by atoms with Crippen molar-refractivity contribution in [3.8, 4) is 0 Å². The van der Waals surface area contributed by atoms with Crippen LogP contribution in [0.5, 0.6) is 0 Å². The van der Waals surface area contributed by atoms with Crippen molar-refractivity contribution in [2.45, 2.75) is 38.6 Å². The number of esters is 1. The van der Waals surface area contributed by atoms with Crippen molar-refractivity contribution in [1.29, 1.82) is 0 Å². The van der Waals surface area contributed by atoms with E-state index in [1.54, 1.807) is 21.0 Å². The maximum atomic E-state index is 11.7. The van der Waals surface area contributed by atoms with Crippen molar-refractivity contribution in [3.63, 3.8) is 0 Å². The monoisotopic (exact) mass is 272 g/mol. The van der Waals surface area contributed by atoms with Gasteiger partial charge in [0.2, 0.25) is 0 Å². The minimum absolute atomic E-state index is 0.305. The largest absolute Gasteiger partial charge is 0.465 e. The molecule has 1 heterocycles. The predicted octanol–water partition coefficient (Wildman–Crippen LogP) is 1.02. The quantitative estimate of drug-likeness (QED) is 0.701. The molecule has 2 N–H and O–H groups in total. The molecule has 5 heteroatoms. The number of ether oxygens (including phenoxy) is 2. The third-order valence-electron chi connectivity index (χ3n) is 3.69. The highest BCUT2D eigenvalue weighted by molar-refractivity contribution is 5.79. The second-order valence-corrected chi connectivity index (χ2v) is 5.65. The van der Waals surface area contributed by atoms with E-state index in [9.17, 15) is 4.79 Å². The lowest BCUT2D eigenvalue weighted by Crippen LogP contribution is -2.49. The Labute approximate surface area is 116 Å². The molecule has 19 heavy (non-hydrogen) atoms. The molecule has 0 aliphatic carbocycles. The Morgan fingerprint density at radius 1 is 1.53 bits per heavy atom. The van der Waals surface area contributed by atoms with Gasteiger partial charge in [0.15, 0.2) is 0 Å². The third kappa shape index (κ3) is 5.47. The van der Waals surface area contributed by atoms with Gasteiger partial charge in [0.1, 0.15) is 5.54 Å². The molecule has 1 fully saturated rings. The molecule has 0 amide bonds. The van der Waals surface area contributed by atoms with Crippen LogP contribution in [0.1, 0.15) is 33.1 Å². The van der Waals surface area contributed by atoms with Gasteiger partial charge >= 0.3 is 5.97 Å². The fraction of sp³-hybridized carbons (Fsp3) is 0.929. The van der Waals surface area contributed by atoms with Gasteiger partial charge in [0.25, 0.3) is 0 Å². The molecule has 1 saturated heterocycles. The van der Waals surface area contributed by atoms with Crippen LogP contribution >= 0.6 is 0 Å². The Morgan fingerprint density at radius 2 is 2.26 bits per heavy atom. The Morgan fingerprint density at radius 3 is 2.89 bits per heavy atom. The van der Waals surface area contributed by atoms with Crippen molar-refractivity contribution >= 4 is 5.97 Å². The first-order valence-electron chi connectivity index (χ1n) is 7.17. The van der Waals surface area contributed by atoms with Crippen LogP contribution in [0, 0.1) is 5.92 Å². The van der Waals surface area contributed by atoms with Crippen molar-refractivity contribution in [2.75, 3.05) is 40.0 Å². The van der Waals surface area contributed by atoms with Gasteiger partial charge < -0.3 is 20.1 Å². The number of carbonyl (C=O) groups is 1. The van der Waals surface area contributed by atoms with Crippen LogP contribution in [-0.2, 0) is 14.3 Å². The maximum absolute atomic E-state index is 11.7. The number of likely N-dealkylation sites (tertiary alicyclic amines) is 1. The molecule has 0 aromatic heterocycles. The van der Waals surface area contributed by atoms with Gasteiger partial charge in [0, 0.05) is 20.2 Å². The van der Waals surface area contributed by atoms with E-state index < -0.39 is 5.54 Å². The van der Waals surface area contributed by atoms with Crippen LogP contribution in [0.25, 0.3) is 0 Å². The normalized spacial score (nSPS) is 23.9. The number of nitrogens with two attached hydrogens (primary N) is 1. The Kier molecular flexibility index (Phi) is 6.75. The molecule has 0 aromatic rings. The summed E-state index contributed by atoms with van der Waals surface area (Å²) in [5.41, 5.74) is 5.15. The fourth-order valence-corrected chi connectivity index (χ4v) is 2.51. The van der Waals surface area contributed by atoms with Crippen LogP contribution in [0.3, 0.4) is 0 Å². The van der Waals surface area contributed by atoms with E-state index >= 15 is 0 Å². The Bertz CT molecular complexity index is 280. The lowest BCUT2D eigenvalue weighted by atomic mass is 9.96. The second kappa shape index (κ2) is 7.82. The number of carbonyl (C=O) groups excluding carboxylic acids is 1. The van der Waals surface area contributed by atoms with Crippen LogP contribution in [0.2, 0.25) is 0 Å². The van der Waals surface area contributed by atoms with Crippen LogP contribution in [0.4, 0.5) is 0 Å². The van der Waals surface area contributed by atoms with E-state index in [4.69, 9.17) is 15.2 Å². The summed E-state index contributed by atoms with van der Waals surface area (Å²) in [7, 11) is 1.75. The van der Waals surface area contributed by atoms with Crippen molar-refractivity contribution in [1.82, 2.24) is 4.90 Å². The minimum Gasteiger partial charge on any atom is -0.465 e. The van der Waals surface area contributed by atoms with Gasteiger partial charge in [-0.25, -0.2) is 0 Å². The summed E-state index contributed by atoms with van der Waals surface area (Å²) in [4.78, 5) is 14.1. The molecule has 2 atom stereocenters. The summed E-state index contributed by atoms with van der Waals surface area (Å²) in [5.74, 6) is 0.297. The number of methoxy groups -OCH3 is 1. The van der Waals surface area contributed by atoms with E-state index in [2.05, 4.69) is 4.90 Å². The summed E-state index contributed by atoms with van der Waals surface area (Å²) < 4.78 is 10.2. The topological polar surface area (TPSA) is 64.8 Å². The number of hydrogen-bond donors (Lipinski definition) is 1. The van der Waals surface area contributed by atoms with E-state index in [-0.39, 0.29) is 5.97 Å². The van der Waals surface area contributed by atoms with Crippen LogP contribution in [0.15, 0.2) is 0 Å². The zero-order chi connectivity index (χ0) is 14.3. The van der Waals surface area contributed by atoms with E-state index in [1.165, 1.54) is 12.8 Å². The molecule has 0 saturated carbocycles. The Hall–Kier alpha value is -0.650. The predicted molar refractivity (Wildman–Crippen MR) is 74.9 cm³/mol. The summed E-state index contributed by atoms with van der Waals surface area (Å²) in [5, 5.41) is 0. The van der Waals surface area contributed by atoms with E-state index in [0.29, 0.717) is 18.9 Å². The summed E-state index contributed by atoms with van der Waals surface area (Å²) in [6.07, 6.45) is 3.04. The van der Waals surface area contributed by atoms with Gasteiger partial charge in [-0.15, -0.1) is 0 Å². The number of hydrogen-bond acceptors (Lipinski definition) is 5. The minimum atomic E-state index is -0.885. The van der Waals surface area contributed by atoms with Gasteiger partial charge in [-0.2, -0.15) is 0 Å². The average Bonchev–Trinajstić information content (AvgIpc) is 2.38. The van der Waals surface area contributed by atoms with Crippen molar-refractivity contribution in [2.24, 2.45) is 11.7 Å². The molecule has 0 bridgehead atoms. The van der Waals surface area contributed by atoms with Gasteiger partial charge in [0.05, 0.1) is 13.2 Å². The van der Waals surface area contributed by atoms with Crippen molar-refractivity contribution < 1.29 is 14.3 Å². The molecule has 0 aromatic carbocycles. The molecular weight excluding hydrogens is 244 g/mol. The summed E-state index contributed by atoms with van der Waals surface area (Å²) >= 11 is 0. The highest BCUT2D eigenvalue weighted by Gasteiger charge is 2.31. The maximum Gasteiger partial charge on any atom is 0.325 e. The third-order valence-corrected chi connectivity index (χ3v) is 3.69. The van der Waals surface area contributed by atoms with E-state index in [0.717, 1.165) is 26.2 Å². The van der Waals surface area contributed by atoms with Crippen molar-refractivity contribution in [3.05, 3.63) is 0 Å².